The number of hydrogen-bond donors (Lipinski definition) is 0. The first-order valence-corrected chi connectivity index (χ1v) is 9.45. The Morgan fingerprint density at radius 2 is 2.18 bits per heavy atom. The number of likely N-dealkylation sites (tertiary alicyclic amines) is 1. The van der Waals surface area contributed by atoms with Gasteiger partial charge in [0.05, 0.1) is 13.7 Å². The lowest BCUT2D eigenvalue weighted by molar-refractivity contribution is -0.153. The summed E-state index contributed by atoms with van der Waals surface area (Å²) in [5.74, 6) is -0.0137. The molecule has 148 valence electrons. The average Bonchev–Trinajstić information content (AvgIpc) is 3.11. The molecule has 2 heterocycles. The van der Waals surface area contributed by atoms with Crippen molar-refractivity contribution in [2.24, 2.45) is 0 Å². The first-order chi connectivity index (χ1) is 13.5. The molecule has 0 radical (unpaired) electrons. The van der Waals surface area contributed by atoms with Gasteiger partial charge in [0.25, 0.3) is 0 Å². The van der Waals surface area contributed by atoms with E-state index in [1.165, 1.54) is 18.0 Å². The Morgan fingerprint density at radius 1 is 1.36 bits per heavy atom. The summed E-state index contributed by atoms with van der Waals surface area (Å²) in [6.45, 7) is 2.68. The van der Waals surface area contributed by atoms with Crippen LogP contribution in [0.15, 0.2) is 24.3 Å². The molecule has 1 unspecified atom stereocenters. The topological polar surface area (TPSA) is 90.2 Å². The molecule has 1 aliphatic rings. The van der Waals surface area contributed by atoms with Crippen LogP contribution in [0.1, 0.15) is 36.2 Å². The van der Waals surface area contributed by atoms with E-state index in [9.17, 15) is 9.59 Å². The third kappa shape index (κ3) is 4.75. The van der Waals surface area contributed by atoms with E-state index in [0.717, 1.165) is 24.0 Å². The minimum absolute atomic E-state index is 0.217. The molecule has 2 aromatic rings. The lowest BCUT2D eigenvalue weighted by atomic mass is 10.0. The molecule has 0 N–H and O–H groups in total. The van der Waals surface area contributed by atoms with Crippen LogP contribution in [0.5, 0.6) is 0 Å². The number of ether oxygens (including phenoxy) is 1. The van der Waals surface area contributed by atoms with Gasteiger partial charge < -0.3 is 9.64 Å². The number of carbonyl (C=O) groups is 2. The molecule has 1 aromatic heterocycles. The summed E-state index contributed by atoms with van der Waals surface area (Å²) in [5.41, 5.74) is 1.68. The van der Waals surface area contributed by atoms with E-state index in [1.807, 2.05) is 12.1 Å². The van der Waals surface area contributed by atoms with E-state index in [2.05, 4.69) is 15.4 Å². The molecule has 1 aliphatic heterocycles. The van der Waals surface area contributed by atoms with Crippen molar-refractivity contribution >= 4 is 29.6 Å². The molecule has 0 aliphatic carbocycles. The van der Waals surface area contributed by atoms with Gasteiger partial charge in [-0.05, 0) is 60.7 Å². The Hall–Kier alpha value is -2.74. The summed E-state index contributed by atoms with van der Waals surface area (Å²) in [6.07, 6.45) is 5.60. The van der Waals surface area contributed by atoms with Crippen LogP contribution in [0.25, 0.3) is 6.08 Å². The molecule has 3 rings (SSSR count). The Bertz CT molecular complexity index is 895. The monoisotopic (exact) mass is 403 g/mol. The van der Waals surface area contributed by atoms with Crippen molar-refractivity contribution in [3.63, 3.8) is 0 Å². The number of nitrogens with zero attached hydrogens (tertiary/aromatic N) is 5. The predicted molar refractivity (Wildman–Crippen MR) is 104 cm³/mol. The molecule has 1 atom stereocenters. The molecule has 1 amide bonds. The minimum Gasteiger partial charge on any atom is -0.467 e. The highest BCUT2D eigenvalue weighted by Gasteiger charge is 2.31. The Labute approximate surface area is 168 Å². The highest BCUT2D eigenvalue weighted by atomic mass is 35.5. The second-order valence-electron chi connectivity index (χ2n) is 6.61. The molecular formula is C19H22ClN5O3. The number of hydrogen-bond acceptors (Lipinski definition) is 6. The van der Waals surface area contributed by atoms with E-state index >= 15 is 0 Å². The molecule has 0 spiro atoms. The zero-order valence-corrected chi connectivity index (χ0v) is 16.6. The number of halogens is 1. The fourth-order valence-electron chi connectivity index (χ4n) is 3.25. The summed E-state index contributed by atoms with van der Waals surface area (Å²) in [7, 11) is 1.34. The molecular weight excluding hydrogens is 382 g/mol. The van der Waals surface area contributed by atoms with Gasteiger partial charge in [-0.2, -0.15) is 4.80 Å². The SMILES string of the molecule is COC(=O)C1CCCCN1C(=O)C=Cc1ccc(Cl)cc1Cn1nnc(C)n1. The van der Waals surface area contributed by atoms with Crippen LogP contribution in [0, 0.1) is 6.92 Å². The lowest BCUT2D eigenvalue weighted by Gasteiger charge is -2.32. The second kappa shape index (κ2) is 8.97. The highest BCUT2D eigenvalue weighted by molar-refractivity contribution is 6.30. The van der Waals surface area contributed by atoms with E-state index in [0.29, 0.717) is 30.4 Å². The highest BCUT2D eigenvalue weighted by Crippen LogP contribution is 2.21. The van der Waals surface area contributed by atoms with E-state index < -0.39 is 6.04 Å². The van der Waals surface area contributed by atoms with E-state index in [1.54, 1.807) is 24.0 Å². The van der Waals surface area contributed by atoms with Gasteiger partial charge in [-0.3, -0.25) is 4.79 Å². The number of aromatic nitrogens is 4. The van der Waals surface area contributed by atoms with Crippen LogP contribution < -0.4 is 0 Å². The largest absolute Gasteiger partial charge is 0.467 e. The summed E-state index contributed by atoms with van der Waals surface area (Å²) in [5, 5.41) is 12.6. The number of tetrazole rings is 1. The standard InChI is InChI=1S/C19H22ClN5O3/c1-13-21-23-25(22-13)12-15-11-16(20)8-6-14(15)7-9-18(26)24-10-4-3-5-17(24)19(27)28-2/h6-9,11,17H,3-5,10,12H2,1-2H3. The molecule has 9 heteroatoms. The van der Waals surface area contributed by atoms with Crippen molar-refractivity contribution < 1.29 is 14.3 Å². The van der Waals surface area contributed by atoms with Crippen molar-refractivity contribution in [2.45, 2.75) is 38.8 Å². The van der Waals surface area contributed by atoms with E-state index in [4.69, 9.17) is 16.3 Å². The number of benzene rings is 1. The van der Waals surface area contributed by atoms with Crippen molar-refractivity contribution in [3.8, 4) is 0 Å². The van der Waals surface area contributed by atoms with Crippen LogP contribution in [-0.4, -0.2) is 56.7 Å². The summed E-state index contributed by atoms with van der Waals surface area (Å²) < 4.78 is 4.84. The molecule has 1 fully saturated rings. The number of piperidine rings is 1. The van der Waals surface area contributed by atoms with Gasteiger partial charge in [-0.25, -0.2) is 4.79 Å². The van der Waals surface area contributed by atoms with Gasteiger partial charge in [-0.15, -0.1) is 10.2 Å². The van der Waals surface area contributed by atoms with Crippen LogP contribution >= 0.6 is 11.6 Å². The Kier molecular flexibility index (Phi) is 6.41. The Balaban J connectivity index is 1.79. The van der Waals surface area contributed by atoms with Crippen molar-refractivity contribution in [2.75, 3.05) is 13.7 Å². The summed E-state index contributed by atoms with van der Waals surface area (Å²) in [6, 6.07) is 4.87. The smallest absolute Gasteiger partial charge is 0.328 e. The predicted octanol–water partition coefficient (Wildman–Crippen LogP) is 2.25. The van der Waals surface area contributed by atoms with Gasteiger partial charge in [-0.1, -0.05) is 17.7 Å². The minimum atomic E-state index is -0.525. The third-order valence-corrected chi connectivity index (χ3v) is 4.87. The van der Waals surface area contributed by atoms with Gasteiger partial charge in [0.15, 0.2) is 5.82 Å². The van der Waals surface area contributed by atoms with Crippen molar-refractivity contribution in [1.29, 1.82) is 0 Å². The van der Waals surface area contributed by atoms with Gasteiger partial charge in [0, 0.05) is 17.6 Å². The van der Waals surface area contributed by atoms with Crippen molar-refractivity contribution in [3.05, 3.63) is 46.2 Å². The fraction of sp³-hybridized carbons (Fsp3) is 0.421. The van der Waals surface area contributed by atoms with Gasteiger partial charge >= 0.3 is 5.97 Å². The number of methoxy groups -OCH3 is 1. The number of amides is 1. The first kappa shape index (κ1) is 20.0. The number of aryl methyl sites for hydroxylation is 1. The maximum absolute atomic E-state index is 12.7. The maximum atomic E-state index is 12.7. The number of carbonyl (C=O) groups excluding carboxylic acids is 2. The molecule has 1 saturated heterocycles. The Morgan fingerprint density at radius 3 is 2.89 bits per heavy atom. The quantitative estimate of drug-likeness (QED) is 0.561. The average molecular weight is 404 g/mol. The summed E-state index contributed by atoms with van der Waals surface area (Å²) in [4.78, 5) is 27.7. The van der Waals surface area contributed by atoms with Crippen LogP contribution in [0.2, 0.25) is 5.02 Å². The molecule has 28 heavy (non-hydrogen) atoms. The molecule has 0 bridgehead atoms. The lowest BCUT2D eigenvalue weighted by Crippen LogP contribution is -2.47. The fourth-order valence-corrected chi connectivity index (χ4v) is 3.44. The number of rotatable bonds is 5. The first-order valence-electron chi connectivity index (χ1n) is 9.07. The van der Waals surface area contributed by atoms with Gasteiger partial charge in [0.2, 0.25) is 5.91 Å². The van der Waals surface area contributed by atoms with Crippen molar-refractivity contribution in [1.82, 2.24) is 25.1 Å². The van der Waals surface area contributed by atoms with Crippen LogP contribution in [0.4, 0.5) is 0 Å². The normalized spacial score (nSPS) is 17.1. The zero-order valence-electron chi connectivity index (χ0n) is 15.8. The zero-order chi connectivity index (χ0) is 20.1. The number of esters is 1. The van der Waals surface area contributed by atoms with Crippen LogP contribution in [-0.2, 0) is 20.9 Å². The molecule has 0 saturated carbocycles. The van der Waals surface area contributed by atoms with E-state index in [-0.39, 0.29) is 11.9 Å². The van der Waals surface area contributed by atoms with Crippen LogP contribution in [0.3, 0.4) is 0 Å². The van der Waals surface area contributed by atoms with Gasteiger partial charge in [0.1, 0.15) is 6.04 Å². The maximum Gasteiger partial charge on any atom is 0.328 e. The molecule has 1 aromatic carbocycles. The summed E-state index contributed by atoms with van der Waals surface area (Å²) >= 11 is 6.13. The molecule has 8 nitrogen and oxygen atoms in total. The second-order valence-corrected chi connectivity index (χ2v) is 7.05. The third-order valence-electron chi connectivity index (χ3n) is 4.63.